The zero-order chi connectivity index (χ0) is 15.6. The normalized spacial score (nSPS) is 20.3. The van der Waals surface area contributed by atoms with Gasteiger partial charge in [0.25, 0.3) is 0 Å². The predicted octanol–water partition coefficient (Wildman–Crippen LogP) is 2.60. The van der Waals surface area contributed by atoms with E-state index in [1.165, 1.54) is 18.5 Å². The van der Waals surface area contributed by atoms with E-state index in [0.717, 1.165) is 25.3 Å². The molecule has 4 rings (SSSR count). The van der Waals surface area contributed by atoms with Crippen LogP contribution in [0.1, 0.15) is 24.8 Å². The van der Waals surface area contributed by atoms with Crippen LogP contribution in [0.5, 0.6) is 0 Å². The van der Waals surface area contributed by atoms with Crippen molar-refractivity contribution >= 4 is 11.5 Å². The molecule has 1 atom stereocenters. The summed E-state index contributed by atoms with van der Waals surface area (Å²) in [6.45, 7) is 2.05. The van der Waals surface area contributed by atoms with Gasteiger partial charge in [-0.25, -0.2) is 9.97 Å². The molecule has 2 aromatic rings. The van der Waals surface area contributed by atoms with Crippen LogP contribution in [0.2, 0.25) is 0 Å². The van der Waals surface area contributed by atoms with E-state index in [-0.39, 0.29) is 0 Å². The predicted molar refractivity (Wildman–Crippen MR) is 89.3 cm³/mol. The standard InChI is InChI=1S/C18H19N5/c19-11-14-1-3-15(4-2-14)22-10-8-17(12-22)23(16-5-6-16)18-7-9-20-13-21-18/h1-4,7,9,13,16-17H,5-6,8,10,12H2. The molecule has 0 N–H and O–H groups in total. The second kappa shape index (κ2) is 5.88. The number of hydrogen-bond acceptors (Lipinski definition) is 5. The number of rotatable bonds is 4. The van der Waals surface area contributed by atoms with Crippen molar-refractivity contribution in [2.24, 2.45) is 0 Å². The topological polar surface area (TPSA) is 56.1 Å². The lowest BCUT2D eigenvalue weighted by molar-refractivity contribution is 0.625. The molecular formula is C18H19N5. The Kier molecular flexibility index (Phi) is 3.58. The molecule has 116 valence electrons. The Labute approximate surface area is 136 Å². The summed E-state index contributed by atoms with van der Waals surface area (Å²) in [5.74, 6) is 1.05. The highest BCUT2D eigenvalue weighted by Crippen LogP contribution is 2.35. The molecule has 1 saturated heterocycles. The summed E-state index contributed by atoms with van der Waals surface area (Å²) in [7, 11) is 0. The number of nitrogens with zero attached hydrogens (tertiary/aromatic N) is 5. The van der Waals surface area contributed by atoms with E-state index >= 15 is 0 Å². The van der Waals surface area contributed by atoms with Crippen LogP contribution in [-0.2, 0) is 0 Å². The molecule has 1 aliphatic heterocycles. The summed E-state index contributed by atoms with van der Waals surface area (Å²) >= 11 is 0. The van der Waals surface area contributed by atoms with Gasteiger partial charge in [-0.15, -0.1) is 0 Å². The molecule has 1 aromatic carbocycles. The van der Waals surface area contributed by atoms with Crippen LogP contribution < -0.4 is 9.80 Å². The van der Waals surface area contributed by atoms with Crippen molar-refractivity contribution in [2.75, 3.05) is 22.9 Å². The van der Waals surface area contributed by atoms with Crippen LogP contribution in [0.15, 0.2) is 42.9 Å². The zero-order valence-corrected chi connectivity index (χ0v) is 13.0. The number of anilines is 2. The molecule has 0 amide bonds. The first-order valence-corrected chi connectivity index (χ1v) is 8.14. The van der Waals surface area contributed by atoms with E-state index < -0.39 is 0 Å². The molecule has 0 radical (unpaired) electrons. The van der Waals surface area contributed by atoms with Gasteiger partial charge in [-0.3, -0.25) is 0 Å². The van der Waals surface area contributed by atoms with Gasteiger partial charge in [0.1, 0.15) is 12.1 Å². The monoisotopic (exact) mass is 305 g/mol. The van der Waals surface area contributed by atoms with Crippen molar-refractivity contribution in [3.8, 4) is 6.07 Å². The van der Waals surface area contributed by atoms with E-state index in [2.05, 4.69) is 25.8 Å². The third-order valence-electron chi connectivity index (χ3n) is 4.69. The van der Waals surface area contributed by atoms with Gasteiger partial charge in [0.05, 0.1) is 11.6 Å². The van der Waals surface area contributed by atoms with Gasteiger partial charge in [-0.2, -0.15) is 5.26 Å². The Hall–Kier alpha value is -2.61. The highest BCUT2D eigenvalue weighted by atomic mass is 15.3. The van der Waals surface area contributed by atoms with Gasteiger partial charge in [0.15, 0.2) is 0 Å². The second-order valence-corrected chi connectivity index (χ2v) is 6.25. The summed E-state index contributed by atoms with van der Waals surface area (Å²) in [5, 5.41) is 8.92. The van der Waals surface area contributed by atoms with Crippen LogP contribution in [0.25, 0.3) is 0 Å². The molecule has 1 aromatic heterocycles. The first-order valence-electron chi connectivity index (χ1n) is 8.14. The smallest absolute Gasteiger partial charge is 0.132 e. The molecule has 1 aliphatic carbocycles. The van der Waals surface area contributed by atoms with E-state index in [9.17, 15) is 0 Å². The molecule has 5 heteroatoms. The SMILES string of the molecule is N#Cc1ccc(N2CCC(N(c3ccncn3)C3CC3)C2)cc1. The Morgan fingerprint density at radius 1 is 1.09 bits per heavy atom. The van der Waals surface area contributed by atoms with E-state index in [4.69, 9.17) is 5.26 Å². The summed E-state index contributed by atoms with van der Waals surface area (Å²) in [6.07, 6.45) is 7.12. The highest BCUT2D eigenvalue weighted by Gasteiger charge is 2.38. The lowest BCUT2D eigenvalue weighted by Gasteiger charge is -2.30. The molecule has 5 nitrogen and oxygen atoms in total. The van der Waals surface area contributed by atoms with Crippen LogP contribution >= 0.6 is 0 Å². The summed E-state index contributed by atoms with van der Waals surface area (Å²) in [5.41, 5.74) is 1.91. The van der Waals surface area contributed by atoms with Crippen molar-refractivity contribution < 1.29 is 0 Å². The quantitative estimate of drug-likeness (QED) is 0.869. The largest absolute Gasteiger partial charge is 0.369 e. The minimum absolute atomic E-state index is 0.494. The van der Waals surface area contributed by atoms with Crippen molar-refractivity contribution in [1.82, 2.24) is 9.97 Å². The summed E-state index contributed by atoms with van der Waals surface area (Å²) in [6, 6.07) is 13.2. The lowest BCUT2D eigenvalue weighted by atomic mass is 10.2. The Balaban J connectivity index is 1.51. The minimum Gasteiger partial charge on any atom is -0.369 e. The Morgan fingerprint density at radius 3 is 2.57 bits per heavy atom. The first-order chi connectivity index (χ1) is 11.3. The molecule has 2 fully saturated rings. The Morgan fingerprint density at radius 2 is 1.91 bits per heavy atom. The Bertz CT molecular complexity index is 702. The maximum atomic E-state index is 8.92. The van der Waals surface area contributed by atoms with Gasteiger partial charge in [0.2, 0.25) is 0 Å². The van der Waals surface area contributed by atoms with Gasteiger partial charge in [-0.05, 0) is 49.6 Å². The number of nitriles is 1. The fraction of sp³-hybridized carbons (Fsp3) is 0.389. The van der Waals surface area contributed by atoms with Gasteiger partial charge < -0.3 is 9.80 Å². The first kappa shape index (κ1) is 14.0. The minimum atomic E-state index is 0.494. The van der Waals surface area contributed by atoms with Gasteiger partial charge in [0, 0.05) is 37.1 Å². The maximum absolute atomic E-state index is 8.92. The van der Waals surface area contributed by atoms with Crippen molar-refractivity contribution in [1.29, 1.82) is 5.26 Å². The number of hydrogen-bond donors (Lipinski definition) is 0. The molecule has 1 saturated carbocycles. The second-order valence-electron chi connectivity index (χ2n) is 6.25. The highest BCUT2D eigenvalue weighted by molar-refractivity contribution is 5.52. The third kappa shape index (κ3) is 2.85. The van der Waals surface area contributed by atoms with Crippen molar-refractivity contribution in [3.63, 3.8) is 0 Å². The maximum Gasteiger partial charge on any atom is 0.132 e. The third-order valence-corrected chi connectivity index (χ3v) is 4.69. The van der Waals surface area contributed by atoms with Gasteiger partial charge in [-0.1, -0.05) is 0 Å². The van der Waals surface area contributed by atoms with Crippen LogP contribution in [0, 0.1) is 11.3 Å². The molecule has 1 unspecified atom stereocenters. The van der Waals surface area contributed by atoms with Crippen molar-refractivity contribution in [2.45, 2.75) is 31.3 Å². The van der Waals surface area contributed by atoms with Crippen LogP contribution in [0.3, 0.4) is 0 Å². The summed E-state index contributed by atoms with van der Waals surface area (Å²) in [4.78, 5) is 13.4. The summed E-state index contributed by atoms with van der Waals surface area (Å²) < 4.78 is 0. The average Bonchev–Trinajstić information content (AvgIpc) is 3.32. The lowest BCUT2D eigenvalue weighted by Crippen LogP contribution is -2.40. The molecular weight excluding hydrogens is 286 g/mol. The average molecular weight is 305 g/mol. The van der Waals surface area contributed by atoms with Crippen LogP contribution in [-0.4, -0.2) is 35.1 Å². The number of benzene rings is 1. The fourth-order valence-electron chi connectivity index (χ4n) is 3.41. The molecule has 2 heterocycles. The van der Waals surface area contributed by atoms with E-state index in [1.807, 2.05) is 36.5 Å². The molecule has 23 heavy (non-hydrogen) atoms. The molecule has 2 aliphatic rings. The van der Waals surface area contributed by atoms with E-state index in [0.29, 0.717) is 17.6 Å². The van der Waals surface area contributed by atoms with E-state index in [1.54, 1.807) is 6.33 Å². The van der Waals surface area contributed by atoms with Crippen molar-refractivity contribution in [3.05, 3.63) is 48.4 Å². The van der Waals surface area contributed by atoms with Crippen LogP contribution in [0.4, 0.5) is 11.5 Å². The zero-order valence-electron chi connectivity index (χ0n) is 13.0. The number of aromatic nitrogens is 2. The van der Waals surface area contributed by atoms with Gasteiger partial charge >= 0.3 is 0 Å². The molecule has 0 spiro atoms. The molecule has 0 bridgehead atoms. The fourth-order valence-corrected chi connectivity index (χ4v) is 3.41.